The van der Waals surface area contributed by atoms with E-state index in [-0.39, 0.29) is 5.91 Å². The van der Waals surface area contributed by atoms with Gasteiger partial charge in [-0.2, -0.15) is 5.10 Å². The van der Waals surface area contributed by atoms with E-state index in [2.05, 4.69) is 5.10 Å². The Bertz CT molecular complexity index is 854. The maximum Gasteiger partial charge on any atom is 0.278 e. The summed E-state index contributed by atoms with van der Waals surface area (Å²) in [6, 6.07) is 19.0. The molecule has 0 radical (unpaired) electrons. The molecule has 0 spiro atoms. The molecule has 0 fully saturated rings. The number of hydrogen-bond acceptors (Lipinski definition) is 3. The van der Waals surface area contributed by atoms with E-state index in [1.165, 1.54) is 0 Å². The minimum absolute atomic E-state index is 0.107. The molecule has 3 rings (SSSR count). The van der Waals surface area contributed by atoms with Gasteiger partial charge in [0.25, 0.3) is 5.91 Å². The standard InChI is InChI=1S/C20H21N3O2/c1-4-22(16-8-6-5-7-9-16)20(24)19-14-15(2)23(21-19)17-10-12-18(25-3)13-11-17/h5-14H,4H2,1-3H3. The summed E-state index contributed by atoms with van der Waals surface area (Å²) in [5, 5.41) is 4.51. The third kappa shape index (κ3) is 3.40. The number of ether oxygens (including phenoxy) is 1. The number of methoxy groups -OCH3 is 1. The van der Waals surface area contributed by atoms with Gasteiger partial charge in [-0.15, -0.1) is 0 Å². The summed E-state index contributed by atoms with van der Waals surface area (Å²) in [7, 11) is 1.63. The van der Waals surface area contributed by atoms with Crippen LogP contribution in [0.5, 0.6) is 5.75 Å². The highest BCUT2D eigenvalue weighted by Gasteiger charge is 2.20. The smallest absolute Gasteiger partial charge is 0.278 e. The van der Waals surface area contributed by atoms with E-state index in [4.69, 9.17) is 4.74 Å². The van der Waals surface area contributed by atoms with Crippen LogP contribution in [0.3, 0.4) is 0 Å². The molecule has 3 aromatic rings. The molecule has 128 valence electrons. The number of aromatic nitrogens is 2. The monoisotopic (exact) mass is 335 g/mol. The number of anilines is 1. The maximum absolute atomic E-state index is 12.9. The molecule has 1 amide bonds. The molecule has 0 atom stereocenters. The number of rotatable bonds is 5. The SMILES string of the molecule is CCN(C(=O)c1cc(C)n(-c2ccc(OC)cc2)n1)c1ccccc1. The fourth-order valence-corrected chi connectivity index (χ4v) is 2.75. The van der Waals surface area contributed by atoms with Crippen molar-refractivity contribution >= 4 is 11.6 Å². The third-order valence-corrected chi connectivity index (χ3v) is 4.05. The minimum atomic E-state index is -0.107. The number of aryl methyl sites for hydroxylation is 1. The van der Waals surface area contributed by atoms with Gasteiger partial charge in [0.2, 0.25) is 0 Å². The van der Waals surface area contributed by atoms with Gasteiger partial charge in [-0.3, -0.25) is 4.79 Å². The zero-order valence-corrected chi connectivity index (χ0v) is 14.6. The van der Waals surface area contributed by atoms with Crippen LogP contribution in [-0.4, -0.2) is 29.3 Å². The Labute approximate surface area is 147 Å². The molecule has 2 aromatic carbocycles. The number of amides is 1. The average Bonchev–Trinajstić information content (AvgIpc) is 3.05. The van der Waals surface area contributed by atoms with Crippen LogP contribution in [0.2, 0.25) is 0 Å². The number of para-hydroxylation sites is 1. The van der Waals surface area contributed by atoms with Gasteiger partial charge in [-0.05, 0) is 56.3 Å². The fraction of sp³-hybridized carbons (Fsp3) is 0.200. The molecule has 5 nitrogen and oxygen atoms in total. The van der Waals surface area contributed by atoms with E-state index >= 15 is 0 Å². The van der Waals surface area contributed by atoms with Gasteiger partial charge in [-0.25, -0.2) is 4.68 Å². The summed E-state index contributed by atoms with van der Waals surface area (Å²) in [4.78, 5) is 14.6. The van der Waals surface area contributed by atoms with Gasteiger partial charge in [0.05, 0.1) is 12.8 Å². The van der Waals surface area contributed by atoms with E-state index in [0.29, 0.717) is 12.2 Å². The first kappa shape index (κ1) is 16.8. The largest absolute Gasteiger partial charge is 0.497 e. The summed E-state index contributed by atoms with van der Waals surface area (Å²) in [6.45, 7) is 4.47. The Balaban J connectivity index is 1.91. The van der Waals surface area contributed by atoms with E-state index in [1.807, 2.05) is 74.5 Å². The van der Waals surface area contributed by atoms with Crippen LogP contribution < -0.4 is 9.64 Å². The van der Waals surface area contributed by atoms with Gasteiger partial charge in [0.1, 0.15) is 5.75 Å². The Morgan fingerprint density at radius 1 is 1.12 bits per heavy atom. The predicted octanol–water partition coefficient (Wildman–Crippen LogP) is 3.86. The molecule has 0 unspecified atom stereocenters. The number of carbonyl (C=O) groups is 1. The topological polar surface area (TPSA) is 47.4 Å². The lowest BCUT2D eigenvalue weighted by molar-refractivity contribution is 0.0983. The summed E-state index contributed by atoms with van der Waals surface area (Å²) in [5.41, 5.74) is 3.09. The molecule has 0 bridgehead atoms. The molecule has 0 aliphatic rings. The Morgan fingerprint density at radius 2 is 1.80 bits per heavy atom. The van der Waals surface area contributed by atoms with Crippen LogP contribution in [0, 0.1) is 6.92 Å². The van der Waals surface area contributed by atoms with Gasteiger partial charge < -0.3 is 9.64 Å². The molecule has 1 heterocycles. The number of hydrogen-bond donors (Lipinski definition) is 0. The van der Waals surface area contributed by atoms with E-state index in [9.17, 15) is 4.79 Å². The van der Waals surface area contributed by atoms with Crippen LogP contribution in [-0.2, 0) is 0 Å². The lowest BCUT2D eigenvalue weighted by Gasteiger charge is -2.19. The lowest BCUT2D eigenvalue weighted by atomic mass is 10.2. The van der Waals surface area contributed by atoms with Crippen molar-refractivity contribution in [1.82, 2.24) is 9.78 Å². The van der Waals surface area contributed by atoms with Crippen molar-refractivity contribution in [1.29, 1.82) is 0 Å². The van der Waals surface area contributed by atoms with Crippen LogP contribution in [0.25, 0.3) is 5.69 Å². The molecule has 0 aliphatic carbocycles. The first-order chi connectivity index (χ1) is 12.1. The van der Waals surface area contributed by atoms with E-state index in [1.54, 1.807) is 16.7 Å². The van der Waals surface area contributed by atoms with Gasteiger partial charge >= 0.3 is 0 Å². The van der Waals surface area contributed by atoms with Crippen LogP contribution in [0.15, 0.2) is 60.7 Å². The van der Waals surface area contributed by atoms with Gasteiger partial charge in [0.15, 0.2) is 5.69 Å². The predicted molar refractivity (Wildman–Crippen MR) is 98.6 cm³/mol. The summed E-state index contributed by atoms with van der Waals surface area (Å²) in [5.74, 6) is 0.676. The molecule has 1 aromatic heterocycles. The molecular formula is C20H21N3O2. The quantitative estimate of drug-likeness (QED) is 0.711. The average molecular weight is 335 g/mol. The van der Waals surface area contributed by atoms with Crippen molar-refractivity contribution < 1.29 is 9.53 Å². The van der Waals surface area contributed by atoms with Gasteiger partial charge in [-0.1, -0.05) is 18.2 Å². The summed E-state index contributed by atoms with van der Waals surface area (Å²) >= 11 is 0. The van der Waals surface area contributed by atoms with E-state index in [0.717, 1.165) is 22.8 Å². The molecule has 0 N–H and O–H groups in total. The van der Waals surface area contributed by atoms with Crippen LogP contribution >= 0.6 is 0 Å². The Hall–Kier alpha value is -3.08. The highest BCUT2D eigenvalue weighted by molar-refractivity contribution is 6.04. The minimum Gasteiger partial charge on any atom is -0.497 e. The van der Waals surface area contributed by atoms with Crippen molar-refractivity contribution in [2.75, 3.05) is 18.6 Å². The zero-order valence-electron chi connectivity index (χ0n) is 14.6. The van der Waals surface area contributed by atoms with Crippen molar-refractivity contribution in [2.45, 2.75) is 13.8 Å². The normalized spacial score (nSPS) is 10.5. The Morgan fingerprint density at radius 3 is 2.40 bits per heavy atom. The summed E-state index contributed by atoms with van der Waals surface area (Å²) in [6.07, 6.45) is 0. The second kappa shape index (κ2) is 7.21. The zero-order chi connectivity index (χ0) is 17.8. The molecule has 25 heavy (non-hydrogen) atoms. The first-order valence-electron chi connectivity index (χ1n) is 8.22. The van der Waals surface area contributed by atoms with Crippen LogP contribution in [0.1, 0.15) is 23.1 Å². The van der Waals surface area contributed by atoms with Crippen molar-refractivity contribution in [2.24, 2.45) is 0 Å². The van der Waals surface area contributed by atoms with Crippen molar-refractivity contribution in [3.05, 3.63) is 72.1 Å². The van der Waals surface area contributed by atoms with Gasteiger partial charge in [0, 0.05) is 17.9 Å². The Kier molecular flexibility index (Phi) is 4.84. The second-order valence-electron chi connectivity index (χ2n) is 5.67. The lowest BCUT2D eigenvalue weighted by Crippen LogP contribution is -2.31. The maximum atomic E-state index is 12.9. The molecular weight excluding hydrogens is 314 g/mol. The fourth-order valence-electron chi connectivity index (χ4n) is 2.75. The number of carbonyl (C=O) groups excluding carboxylic acids is 1. The summed E-state index contributed by atoms with van der Waals surface area (Å²) < 4.78 is 6.95. The molecule has 0 aliphatic heterocycles. The number of nitrogens with zero attached hydrogens (tertiary/aromatic N) is 3. The number of benzene rings is 2. The molecule has 5 heteroatoms. The van der Waals surface area contributed by atoms with E-state index < -0.39 is 0 Å². The molecule has 0 saturated heterocycles. The van der Waals surface area contributed by atoms with Crippen molar-refractivity contribution in [3.8, 4) is 11.4 Å². The van der Waals surface area contributed by atoms with Crippen molar-refractivity contribution in [3.63, 3.8) is 0 Å². The second-order valence-corrected chi connectivity index (χ2v) is 5.67. The first-order valence-corrected chi connectivity index (χ1v) is 8.22. The third-order valence-electron chi connectivity index (χ3n) is 4.05. The highest BCUT2D eigenvalue weighted by atomic mass is 16.5. The highest BCUT2D eigenvalue weighted by Crippen LogP contribution is 2.19. The van der Waals surface area contributed by atoms with Crippen LogP contribution in [0.4, 0.5) is 5.69 Å². The molecule has 0 saturated carbocycles.